The third-order valence-electron chi connectivity index (χ3n) is 3.26. The maximum atomic E-state index is 13.5. The Morgan fingerprint density at radius 1 is 1.40 bits per heavy atom. The molecule has 1 aromatic heterocycles. The second-order valence-corrected chi connectivity index (χ2v) is 4.63. The Labute approximate surface area is 115 Å². The molecule has 6 heteroatoms. The number of hydrogen-bond acceptors (Lipinski definition) is 2. The van der Waals surface area contributed by atoms with Crippen molar-refractivity contribution >= 4 is 5.91 Å². The highest BCUT2D eigenvalue weighted by Gasteiger charge is 2.18. The molecule has 1 N–H and O–H groups in total. The van der Waals surface area contributed by atoms with E-state index in [1.54, 1.807) is 24.9 Å². The number of aromatic nitrogens is 2. The summed E-state index contributed by atoms with van der Waals surface area (Å²) in [6.07, 6.45) is 1.65. The van der Waals surface area contributed by atoms with Gasteiger partial charge in [0.2, 0.25) is 0 Å². The molecule has 1 aromatic carbocycles. The summed E-state index contributed by atoms with van der Waals surface area (Å²) in [6, 6.07) is 2.55. The van der Waals surface area contributed by atoms with E-state index in [-0.39, 0.29) is 11.6 Å². The Hall–Kier alpha value is -2.24. The van der Waals surface area contributed by atoms with Crippen LogP contribution in [0.1, 0.15) is 34.6 Å². The zero-order valence-corrected chi connectivity index (χ0v) is 11.4. The second-order valence-electron chi connectivity index (χ2n) is 4.63. The molecule has 0 radical (unpaired) electrons. The molecule has 2 aromatic rings. The van der Waals surface area contributed by atoms with Crippen molar-refractivity contribution in [1.82, 2.24) is 15.1 Å². The predicted octanol–water partition coefficient (Wildman–Crippen LogP) is 2.50. The van der Waals surface area contributed by atoms with Gasteiger partial charge in [0, 0.05) is 24.4 Å². The number of carbonyl (C=O) groups is 1. The summed E-state index contributed by atoms with van der Waals surface area (Å²) in [4.78, 5) is 12.0. The summed E-state index contributed by atoms with van der Waals surface area (Å²) in [6.45, 7) is 3.66. The van der Waals surface area contributed by atoms with Crippen LogP contribution in [0.5, 0.6) is 0 Å². The Kier molecular flexibility index (Phi) is 3.83. The fourth-order valence-corrected chi connectivity index (χ4v) is 1.97. The van der Waals surface area contributed by atoms with Gasteiger partial charge in [0.1, 0.15) is 11.6 Å². The van der Waals surface area contributed by atoms with Gasteiger partial charge in [-0.15, -0.1) is 0 Å². The van der Waals surface area contributed by atoms with Crippen LogP contribution in [-0.4, -0.2) is 15.7 Å². The standard InChI is InChI=1S/C14H15F2N3O/c1-8(12-7-17-19(3)9(12)2)18-14(20)11-5-4-10(15)6-13(11)16/h4-8H,1-3H3,(H,18,20)/t8-/m1/s1. The van der Waals surface area contributed by atoms with Crippen LogP contribution in [0.3, 0.4) is 0 Å². The third-order valence-corrected chi connectivity index (χ3v) is 3.26. The van der Waals surface area contributed by atoms with Crippen LogP contribution in [-0.2, 0) is 7.05 Å². The monoisotopic (exact) mass is 279 g/mol. The van der Waals surface area contributed by atoms with Crippen molar-refractivity contribution in [3.63, 3.8) is 0 Å². The first-order valence-electron chi connectivity index (χ1n) is 6.14. The minimum absolute atomic E-state index is 0.181. The minimum atomic E-state index is -0.877. The first kappa shape index (κ1) is 14.2. The number of aryl methyl sites for hydroxylation is 1. The maximum Gasteiger partial charge on any atom is 0.254 e. The molecule has 20 heavy (non-hydrogen) atoms. The van der Waals surface area contributed by atoms with E-state index in [4.69, 9.17) is 0 Å². The Morgan fingerprint density at radius 2 is 2.10 bits per heavy atom. The maximum absolute atomic E-state index is 13.5. The van der Waals surface area contributed by atoms with Gasteiger partial charge in [-0.3, -0.25) is 9.48 Å². The van der Waals surface area contributed by atoms with Crippen LogP contribution in [0.25, 0.3) is 0 Å². The lowest BCUT2D eigenvalue weighted by molar-refractivity contribution is 0.0935. The molecule has 2 rings (SSSR count). The molecule has 0 aliphatic carbocycles. The van der Waals surface area contributed by atoms with Crippen molar-refractivity contribution in [3.8, 4) is 0 Å². The number of halogens is 2. The van der Waals surface area contributed by atoms with E-state index in [2.05, 4.69) is 10.4 Å². The van der Waals surface area contributed by atoms with E-state index in [1.807, 2.05) is 6.92 Å². The predicted molar refractivity (Wildman–Crippen MR) is 70.2 cm³/mol. The topological polar surface area (TPSA) is 46.9 Å². The number of benzene rings is 1. The van der Waals surface area contributed by atoms with Crippen LogP contribution >= 0.6 is 0 Å². The van der Waals surface area contributed by atoms with Crippen LogP contribution in [0.2, 0.25) is 0 Å². The van der Waals surface area contributed by atoms with Gasteiger partial charge in [-0.2, -0.15) is 5.10 Å². The van der Waals surface area contributed by atoms with Gasteiger partial charge in [-0.05, 0) is 26.0 Å². The summed E-state index contributed by atoms with van der Waals surface area (Å²) in [7, 11) is 1.80. The zero-order valence-electron chi connectivity index (χ0n) is 11.4. The molecule has 0 saturated carbocycles. The minimum Gasteiger partial charge on any atom is -0.345 e. The van der Waals surface area contributed by atoms with Crippen molar-refractivity contribution in [2.75, 3.05) is 0 Å². The Morgan fingerprint density at radius 3 is 2.65 bits per heavy atom. The van der Waals surface area contributed by atoms with Crippen molar-refractivity contribution in [2.45, 2.75) is 19.9 Å². The van der Waals surface area contributed by atoms with Crippen LogP contribution < -0.4 is 5.32 Å². The van der Waals surface area contributed by atoms with Crippen LogP contribution in [0.15, 0.2) is 24.4 Å². The lowest BCUT2D eigenvalue weighted by Crippen LogP contribution is -2.27. The van der Waals surface area contributed by atoms with Crippen molar-refractivity contribution < 1.29 is 13.6 Å². The number of amides is 1. The molecule has 1 atom stereocenters. The normalized spacial score (nSPS) is 12.2. The Bertz CT molecular complexity index is 652. The quantitative estimate of drug-likeness (QED) is 0.938. The zero-order chi connectivity index (χ0) is 14.9. The first-order valence-corrected chi connectivity index (χ1v) is 6.14. The average molecular weight is 279 g/mol. The fraction of sp³-hybridized carbons (Fsp3) is 0.286. The molecule has 0 unspecified atom stereocenters. The van der Waals surface area contributed by atoms with Gasteiger partial charge < -0.3 is 5.32 Å². The molecule has 106 valence electrons. The van der Waals surface area contributed by atoms with Gasteiger partial charge in [0.05, 0.1) is 17.8 Å². The molecule has 4 nitrogen and oxygen atoms in total. The summed E-state index contributed by atoms with van der Waals surface area (Å²) in [5.41, 5.74) is 1.58. The fourth-order valence-electron chi connectivity index (χ4n) is 1.97. The van der Waals surface area contributed by atoms with E-state index in [1.165, 1.54) is 0 Å². The largest absolute Gasteiger partial charge is 0.345 e. The van der Waals surface area contributed by atoms with Crippen molar-refractivity contribution in [1.29, 1.82) is 0 Å². The van der Waals surface area contributed by atoms with Crippen molar-refractivity contribution in [2.24, 2.45) is 7.05 Å². The lowest BCUT2D eigenvalue weighted by Gasteiger charge is -2.14. The smallest absolute Gasteiger partial charge is 0.254 e. The number of nitrogens with zero attached hydrogens (tertiary/aromatic N) is 2. The van der Waals surface area contributed by atoms with Gasteiger partial charge in [-0.1, -0.05) is 0 Å². The van der Waals surface area contributed by atoms with Gasteiger partial charge >= 0.3 is 0 Å². The van der Waals surface area contributed by atoms with E-state index < -0.39 is 17.5 Å². The molecule has 1 amide bonds. The number of rotatable bonds is 3. The number of nitrogens with one attached hydrogen (secondary N) is 1. The second kappa shape index (κ2) is 5.40. The highest BCUT2D eigenvalue weighted by molar-refractivity contribution is 5.94. The van der Waals surface area contributed by atoms with Crippen LogP contribution in [0, 0.1) is 18.6 Å². The number of carbonyl (C=O) groups excluding carboxylic acids is 1. The summed E-state index contributed by atoms with van der Waals surface area (Å²) < 4.78 is 28.0. The van der Waals surface area contributed by atoms with E-state index in [0.29, 0.717) is 6.07 Å². The average Bonchev–Trinajstić information content (AvgIpc) is 2.69. The van der Waals surface area contributed by atoms with Crippen LogP contribution in [0.4, 0.5) is 8.78 Å². The van der Waals surface area contributed by atoms with Gasteiger partial charge in [0.15, 0.2) is 0 Å². The van der Waals surface area contributed by atoms with Gasteiger partial charge in [0.25, 0.3) is 5.91 Å². The molecule has 1 heterocycles. The van der Waals surface area contributed by atoms with E-state index in [9.17, 15) is 13.6 Å². The van der Waals surface area contributed by atoms with Gasteiger partial charge in [-0.25, -0.2) is 8.78 Å². The third kappa shape index (κ3) is 2.68. The molecule has 0 fully saturated rings. The number of hydrogen-bond donors (Lipinski definition) is 1. The summed E-state index contributed by atoms with van der Waals surface area (Å²) in [5, 5.41) is 6.76. The highest BCUT2D eigenvalue weighted by atomic mass is 19.1. The summed E-state index contributed by atoms with van der Waals surface area (Å²) >= 11 is 0. The molecule has 0 bridgehead atoms. The van der Waals surface area contributed by atoms with E-state index in [0.717, 1.165) is 23.4 Å². The molecular weight excluding hydrogens is 264 g/mol. The Balaban J connectivity index is 2.17. The summed E-state index contributed by atoms with van der Waals surface area (Å²) in [5.74, 6) is -2.17. The lowest BCUT2D eigenvalue weighted by atomic mass is 10.1. The molecule has 0 aliphatic rings. The molecule has 0 saturated heterocycles. The van der Waals surface area contributed by atoms with E-state index >= 15 is 0 Å². The SMILES string of the molecule is Cc1c([C@@H](C)NC(=O)c2ccc(F)cc2F)cnn1C. The molecular formula is C14H15F2N3O. The molecule has 0 spiro atoms. The molecule has 0 aliphatic heterocycles. The first-order chi connectivity index (χ1) is 9.40. The van der Waals surface area contributed by atoms with Crippen molar-refractivity contribution in [3.05, 3.63) is 52.9 Å². The highest BCUT2D eigenvalue weighted by Crippen LogP contribution is 2.17.